The Bertz CT molecular complexity index is 881. The van der Waals surface area contributed by atoms with Gasteiger partial charge in [0.1, 0.15) is 19.6 Å². The largest absolute Gasteiger partial charge is 0.623 e. The Hall–Kier alpha value is -2.32. The summed E-state index contributed by atoms with van der Waals surface area (Å²) in [6.07, 6.45) is 2.57. The number of nitrogens with zero attached hydrogens (tertiary/aromatic N) is 2. The van der Waals surface area contributed by atoms with Crippen molar-refractivity contribution < 1.29 is 18.9 Å². The van der Waals surface area contributed by atoms with Crippen molar-refractivity contribution in [3.8, 4) is 5.88 Å². The standard InChI is InChI=1S/C14H16N3O6P/c1-9(15-22-3)13(19)24(21)8-10-7-17(11-5-4-6-23-11)14(20)16(2)12(10)18/h4-9,15H,1-3H3/t9-/m0/s1. The summed E-state index contributed by atoms with van der Waals surface area (Å²) in [4.78, 5) is 53.1. The van der Waals surface area contributed by atoms with E-state index in [0.29, 0.717) is 0 Å². The molecule has 0 bridgehead atoms. The number of carbonyl (C=O) groups is 1. The zero-order valence-corrected chi connectivity index (χ0v) is 14.1. The van der Waals surface area contributed by atoms with Crippen molar-refractivity contribution in [1.29, 1.82) is 0 Å². The Kier molecular flexibility index (Phi) is 5.63. The van der Waals surface area contributed by atoms with E-state index >= 15 is 0 Å². The molecule has 128 valence electrons. The van der Waals surface area contributed by atoms with E-state index in [1.807, 2.05) is 0 Å². The molecule has 2 heterocycles. The first-order chi connectivity index (χ1) is 11.4. The molecular formula is C14H16N3O6P. The molecule has 2 aromatic heterocycles. The van der Waals surface area contributed by atoms with Gasteiger partial charge in [0.15, 0.2) is 0 Å². The average molecular weight is 353 g/mol. The van der Waals surface area contributed by atoms with Crippen LogP contribution in [0.3, 0.4) is 0 Å². The van der Waals surface area contributed by atoms with Crippen LogP contribution in [0.25, 0.3) is 5.88 Å². The quantitative estimate of drug-likeness (QED) is 0.528. The van der Waals surface area contributed by atoms with Crippen molar-refractivity contribution in [1.82, 2.24) is 14.6 Å². The van der Waals surface area contributed by atoms with Gasteiger partial charge in [0.25, 0.3) is 5.56 Å². The number of hydrogen-bond donors (Lipinski definition) is 1. The lowest BCUT2D eigenvalue weighted by atomic mass is 10.4. The molecule has 9 nitrogen and oxygen atoms in total. The van der Waals surface area contributed by atoms with Gasteiger partial charge in [0, 0.05) is 19.3 Å². The van der Waals surface area contributed by atoms with E-state index in [4.69, 9.17) is 4.42 Å². The molecular weight excluding hydrogens is 337 g/mol. The van der Waals surface area contributed by atoms with Gasteiger partial charge in [0.2, 0.25) is 5.88 Å². The van der Waals surface area contributed by atoms with Crippen LogP contribution in [-0.4, -0.2) is 33.6 Å². The van der Waals surface area contributed by atoms with E-state index < -0.39 is 30.6 Å². The molecule has 0 aliphatic rings. The molecule has 1 N–H and O–H groups in total. The van der Waals surface area contributed by atoms with Crippen molar-refractivity contribution in [3.05, 3.63) is 51.0 Å². The van der Waals surface area contributed by atoms with E-state index in [-0.39, 0.29) is 11.4 Å². The third kappa shape index (κ3) is 3.60. The zero-order valence-electron chi connectivity index (χ0n) is 13.3. The summed E-state index contributed by atoms with van der Waals surface area (Å²) in [6, 6.07) is 2.30. The number of furan rings is 1. The second kappa shape index (κ2) is 7.50. The first kappa shape index (κ1) is 18.0. The molecule has 0 amide bonds. The molecule has 0 aliphatic carbocycles. The average Bonchev–Trinajstić information content (AvgIpc) is 3.09. The van der Waals surface area contributed by atoms with Crippen LogP contribution in [0.15, 0.2) is 38.6 Å². The molecule has 2 aromatic rings. The minimum Gasteiger partial charge on any atom is -0.623 e. The van der Waals surface area contributed by atoms with Crippen LogP contribution in [0, 0.1) is 0 Å². The number of carbonyl (C=O) groups excluding carboxylic acids is 1. The normalized spacial score (nSPS) is 13.1. The second-order valence-corrected chi connectivity index (χ2v) is 6.24. The number of nitrogens with one attached hydrogen (secondary N) is 1. The predicted octanol–water partition coefficient (Wildman–Crippen LogP) is -0.897. The Morgan fingerprint density at radius 1 is 1.50 bits per heavy atom. The molecule has 0 aromatic carbocycles. The molecule has 2 atom stereocenters. The minimum absolute atomic E-state index is 0.0485. The molecule has 0 saturated heterocycles. The third-order valence-electron chi connectivity index (χ3n) is 3.19. The van der Waals surface area contributed by atoms with Gasteiger partial charge in [-0.2, -0.15) is 5.48 Å². The molecule has 2 rings (SSSR count). The van der Waals surface area contributed by atoms with E-state index in [0.717, 1.165) is 14.9 Å². The van der Waals surface area contributed by atoms with Gasteiger partial charge in [-0.25, -0.2) is 14.2 Å². The summed E-state index contributed by atoms with van der Waals surface area (Å²) in [7, 11) is 0.119. The van der Waals surface area contributed by atoms with Crippen molar-refractivity contribution >= 4 is 19.1 Å². The molecule has 0 radical (unpaired) electrons. The first-order valence-electron chi connectivity index (χ1n) is 6.87. The van der Waals surface area contributed by atoms with Crippen LogP contribution in [0.2, 0.25) is 0 Å². The maximum absolute atomic E-state index is 12.2. The fourth-order valence-corrected chi connectivity index (χ4v) is 2.94. The van der Waals surface area contributed by atoms with Gasteiger partial charge in [-0.15, -0.1) is 0 Å². The predicted molar refractivity (Wildman–Crippen MR) is 86.2 cm³/mol. The van der Waals surface area contributed by atoms with Gasteiger partial charge >= 0.3 is 11.2 Å². The molecule has 0 saturated carbocycles. The van der Waals surface area contributed by atoms with Crippen molar-refractivity contribution in [2.45, 2.75) is 13.0 Å². The Morgan fingerprint density at radius 2 is 2.21 bits per heavy atom. The van der Waals surface area contributed by atoms with Crippen molar-refractivity contribution in [3.63, 3.8) is 0 Å². The lowest BCUT2D eigenvalue weighted by molar-refractivity contribution is -0.160. The number of hydroxylamine groups is 1. The Morgan fingerprint density at radius 3 is 2.79 bits per heavy atom. The highest BCUT2D eigenvalue weighted by Gasteiger charge is 2.22. The summed E-state index contributed by atoms with van der Waals surface area (Å²) < 4.78 is 7.08. The van der Waals surface area contributed by atoms with Gasteiger partial charge in [-0.05, 0) is 13.0 Å². The van der Waals surface area contributed by atoms with Crippen LogP contribution in [0.5, 0.6) is 0 Å². The fourth-order valence-electron chi connectivity index (χ4n) is 1.95. The fraction of sp³-hybridized carbons (Fsp3) is 0.286. The van der Waals surface area contributed by atoms with Crippen LogP contribution in [0.4, 0.5) is 0 Å². The van der Waals surface area contributed by atoms with Crippen LogP contribution in [-0.2, 0) is 16.7 Å². The SMILES string of the molecule is CON[C@@H](C)C(=O)/[P+]([O-])=C/c1cn(-c2ccco2)c(=O)n(C)c1=O. The topological polar surface area (TPSA) is 119 Å². The number of aromatic nitrogens is 2. The second-order valence-electron chi connectivity index (χ2n) is 4.89. The van der Waals surface area contributed by atoms with Crippen LogP contribution >= 0.6 is 7.77 Å². The molecule has 1 unspecified atom stereocenters. The lowest BCUT2D eigenvalue weighted by Gasteiger charge is -2.08. The van der Waals surface area contributed by atoms with E-state index in [2.05, 4.69) is 10.3 Å². The molecule has 0 spiro atoms. The van der Waals surface area contributed by atoms with Crippen LogP contribution in [0.1, 0.15) is 12.5 Å². The highest BCUT2D eigenvalue weighted by molar-refractivity contribution is 7.68. The summed E-state index contributed by atoms with van der Waals surface area (Å²) in [5.41, 5.74) is 0.408. The van der Waals surface area contributed by atoms with Crippen molar-refractivity contribution in [2.75, 3.05) is 7.11 Å². The zero-order chi connectivity index (χ0) is 17.9. The number of hydrogen-bond acceptors (Lipinski definition) is 7. The van der Waals surface area contributed by atoms with E-state index in [9.17, 15) is 19.3 Å². The first-order valence-corrected chi connectivity index (χ1v) is 8.19. The highest BCUT2D eigenvalue weighted by Crippen LogP contribution is 2.15. The summed E-state index contributed by atoms with van der Waals surface area (Å²) >= 11 is 0. The minimum atomic E-state index is -2.49. The van der Waals surface area contributed by atoms with Gasteiger partial charge in [0.05, 0.1) is 18.9 Å². The molecule has 0 aliphatic heterocycles. The maximum atomic E-state index is 12.2. The van der Waals surface area contributed by atoms with Gasteiger partial charge < -0.3 is 14.1 Å². The highest BCUT2D eigenvalue weighted by atomic mass is 31.1. The van der Waals surface area contributed by atoms with Gasteiger partial charge in [-0.3, -0.25) is 9.36 Å². The maximum Gasteiger partial charge on any atom is 0.337 e. The van der Waals surface area contributed by atoms with Crippen molar-refractivity contribution in [2.24, 2.45) is 7.05 Å². The Balaban J connectivity index is 2.51. The summed E-state index contributed by atoms with van der Waals surface area (Å²) in [6.45, 7) is 1.48. The Labute approximate surface area is 137 Å². The molecule has 24 heavy (non-hydrogen) atoms. The number of rotatable bonds is 6. The smallest absolute Gasteiger partial charge is 0.337 e. The van der Waals surface area contributed by atoms with E-state index in [1.54, 1.807) is 6.07 Å². The van der Waals surface area contributed by atoms with Crippen LogP contribution < -0.4 is 21.6 Å². The van der Waals surface area contributed by atoms with Gasteiger partial charge in [-0.1, -0.05) is 0 Å². The van der Waals surface area contributed by atoms with E-state index in [1.165, 1.54) is 39.6 Å². The third-order valence-corrected chi connectivity index (χ3v) is 4.53. The molecule has 0 fully saturated rings. The summed E-state index contributed by atoms with van der Waals surface area (Å²) in [5, 5.41) is 0. The molecule has 10 heteroatoms. The monoisotopic (exact) mass is 353 g/mol. The summed E-state index contributed by atoms with van der Waals surface area (Å²) in [5.74, 6) is 1.23. The lowest BCUT2D eigenvalue weighted by Crippen LogP contribution is -2.39.